The van der Waals surface area contributed by atoms with E-state index in [4.69, 9.17) is 0 Å². The van der Waals surface area contributed by atoms with Crippen LogP contribution in [0.15, 0.2) is 43.0 Å². The molecule has 1 aliphatic rings. The molecule has 102 valence electrons. The van der Waals surface area contributed by atoms with Gasteiger partial charge in [0.05, 0.1) is 6.04 Å². The number of carbonyl (C=O) groups is 1. The second-order valence-electron chi connectivity index (χ2n) is 4.98. The van der Waals surface area contributed by atoms with Crippen molar-refractivity contribution in [2.45, 2.75) is 31.8 Å². The molecule has 0 radical (unpaired) electrons. The van der Waals surface area contributed by atoms with Crippen LogP contribution in [0.2, 0.25) is 0 Å². The number of rotatable bonds is 6. The molecule has 2 rings (SSSR count). The monoisotopic (exact) mass is 258 g/mol. The van der Waals surface area contributed by atoms with Crippen LogP contribution in [0.3, 0.4) is 0 Å². The summed E-state index contributed by atoms with van der Waals surface area (Å²) in [5.41, 5.74) is 1.20. The van der Waals surface area contributed by atoms with E-state index in [0.29, 0.717) is 6.42 Å². The first kappa shape index (κ1) is 13.8. The second kappa shape index (κ2) is 7.10. The molecule has 0 spiro atoms. The summed E-state index contributed by atoms with van der Waals surface area (Å²) < 4.78 is 0. The minimum absolute atomic E-state index is 0.143. The van der Waals surface area contributed by atoms with Gasteiger partial charge in [0.15, 0.2) is 0 Å². The summed E-state index contributed by atoms with van der Waals surface area (Å²) in [6, 6.07) is 10.0. The van der Waals surface area contributed by atoms with Gasteiger partial charge in [-0.3, -0.25) is 4.79 Å². The van der Waals surface area contributed by atoms with Gasteiger partial charge >= 0.3 is 0 Å². The van der Waals surface area contributed by atoms with E-state index < -0.39 is 0 Å². The maximum atomic E-state index is 12.4. The normalized spacial score (nSPS) is 16.3. The van der Waals surface area contributed by atoms with E-state index in [1.807, 2.05) is 29.2 Å². The SMILES string of the molecule is C=CCC(NCc1ccccc1)C(=O)N1CCCC1. The molecule has 1 aromatic rings. The van der Waals surface area contributed by atoms with Crippen molar-refractivity contribution in [3.05, 3.63) is 48.6 Å². The van der Waals surface area contributed by atoms with Gasteiger partial charge in [0.1, 0.15) is 0 Å². The van der Waals surface area contributed by atoms with Crippen molar-refractivity contribution in [3.63, 3.8) is 0 Å². The highest BCUT2D eigenvalue weighted by molar-refractivity contribution is 5.82. The molecule has 1 unspecified atom stereocenters. The minimum Gasteiger partial charge on any atom is -0.341 e. The molecule has 1 fully saturated rings. The van der Waals surface area contributed by atoms with Crippen LogP contribution < -0.4 is 5.32 Å². The zero-order chi connectivity index (χ0) is 13.5. The number of nitrogens with zero attached hydrogens (tertiary/aromatic N) is 1. The lowest BCUT2D eigenvalue weighted by Gasteiger charge is -2.23. The fourth-order valence-corrected chi connectivity index (χ4v) is 2.43. The predicted octanol–water partition coefficient (Wildman–Crippen LogP) is 2.34. The molecule has 1 aromatic carbocycles. The summed E-state index contributed by atoms with van der Waals surface area (Å²) in [4.78, 5) is 14.3. The van der Waals surface area contributed by atoms with Gasteiger partial charge in [0.2, 0.25) is 5.91 Å². The van der Waals surface area contributed by atoms with E-state index in [1.54, 1.807) is 0 Å². The number of carbonyl (C=O) groups excluding carboxylic acids is 1. The summed E-state index contributed by atoms with van der Waals surface area (Å²) in [5.74, 6) is 0.216. The number of hydrogen-bond donors (Lipinski definition) is 1. The first-order valence-electron chi connectivity index (χ1n) is 6.98. The van der Waals surface area contributed by atoms with Crippen molar-refractivity contribution in [1.29, 1.82) is 0 Å². The summed E-state index contributed by atoms with van der Waals surface area (Å²) in [6.07, 6.45) is 4.76. The number of benzene rings is 1. The average Bonchev–Trinajstić information content (AvgIpc) is 2.98. The highest BCUT2D eigenvalue weighted by atomic mass is 16.2. The van der Waals surface area contributed by atoms with Crippen molar-refractivity contribution < 1.29 is 4.79 Å². The van der Waals surface area contributed by atoms with Gasteiger partial charge in [-0.25, -0.2) is 0 Å². The quantitative estimate of drug-likeness (QED) is 0.794. The topological polar surface area (TPSA) is 32.3 Å². The number of nitrogens with one attached hydrogen (secondary N) is 1. The van der Waals surface area contributed by atoms with E-state index >= 15 is 0 Å². The third-order valence-corrected chi connectivity index (χ3v) is 3.51. The second-order valence-corrected chi connectivity index (χ2v) is 4.98. The van der Waals surface area contributed by atoms with Crippen molar-refractivity contribution in [2.75, 3.05) is 13.1 Å². The Morgan fingerprint density at radius 3 is 2.63 bits per heavy atom. The Labute approximate surface area is 115 Å². The molecule has 0 bridgehead atoms. The first-order chi connectivity index (χ1) is 9.31. The Balaban J connectivity index is 1.91. The van der Waals surface area contributed by atoms with E-state index in [0.717, 1.165) is 32.5 Å². The molecular formula is C16H22N2O. The van der Waals surface area contributed by atoms with Gasteiger partial charge in [-0.05, 0) is 24.8 Å². The van der Waals surface area contributed by atoms with Crippen LogP contribution in [0, 0.1) is 0 Å². The third kappa shape index (κ3) is 3.93. The van der Waals surface area contributed by atoms with Gasteiger partial charge in [-0.15, -0.1) is 6.58 Å². The maximum absolute atomic E-state index is 12.4. The third-order valence-electron chi connectivity index (χ3n) is 3.51. The van der Waals surface area contributed by atoms with Crippen LogP contribution >= 0.6 is 0 Å². The Kier molecular flexibility index (Phi) is 5.16. The Hall–Kier alpha value is -1.61. The summed E-state index contributed by atoms with van der Waals surface area (Å²) in [6.45, 7) is 6.28. The Bertz CT molecular complexity index is 410. The predicted molar refractivity (Wildman–Crippen MR) is 77.7 cm³/mol. The van der Waals surface area contributed by atoms with Crippen molar-refractivity contribution in [3.8, 4) is 0 Å². The van der Waals surface area contributed by atoms with E-state index in [1.165, 1.54) is 5.56 Å². The molecule has 0 saturated carbocycles. The summed E-state index contributed by atoms with van der Waals surface area (Å²) >= 11 is 0. The zero-order valence-corrected chi connectivity index (χ0v) is 11.3. The van der Waals surface area contributed by atoms with Gasteiger partial charge in [0.25, 0.3) is 0 Å². The molecule has 1 heterocycles. The summed E-state index contributed by atoms with van der Waals surface area (Å²) in [5, 5.41) is 3.35. The number of likely N-dealkylation sites (tertiary alicyclic amines) is 1. The van der Waals surface area contributed by atoms with Gasteiger partial charge in [0, 0.05) is 19.6 Å². The maximum Gasteiger partial charge on any atom is 0.240 e. The van der Waals surface area contributed by atoms with Gasteiger partial charge in [-0.1, -0.05) is 36.4 Å². The zero-order valence-electron chi connectivity index (χ0n) is 11.3. The first-order valence-corrected chi connectivity index (χ1v) is 6.98. The fourth-order valence-electron chi connectivity index (χ4n) is 2.43. The van der Waals surface area contributed by atoms with Crippen molar-refractivity contribution in [1.82, 2.24) is 10.2 Å². The molecule has 1 saturated heterocycles. The van der Waals surface area contributed by atoms with Crippen LogP contribution in [0.5, 0.6) is 0 Å². The molecule has 0 aliphatic carbocycles. The van der Waals surface area contributed by atoms with Crippen LogP contribution in [-0.2, 0) is 11.3 Å². The molecule has 1 N–H and O–H groups in total. The molecule has 1 amide bonds. The average molecular weight is 258 g/mol. The molecule has 1 atom stereocenters. The van der Waals surface area contributed by atoms with Crippen LogP contribution in [-0.4, -0.2) is 29.9 Å². The molecular weight excluding hydrogens is 236 g/mol. The van der Waals surface area contributed by atoms with Crippen LogP contribution in [0.25, 0.3) is 0 Å². The molecule has 19 heavy (non-hydrogen) atoms. The van der Waals surface area contributed by atoms with Crippen molar-refractivity contribution in [2.24, 2.45) is 0 Å². The number of hydrogen-bond acceptors (Lipinski definition) is 2. The lowest BCUT2D eigenvalue weighted by atomic mass is 10.1. The smallest absolute Gasteiger partial charge is 0.240 e. The molecule has 3 heteroatoms. The molecule has 0 aromatic heterocycles. The lowest BCUT2D eigenvalue weighted by molar-refractivity contribution is -0.132. The summed E-state index contributed by atoms with van der Waals surface area (Å²) in [7, 11) is 0. The van der Waals surface area contributed by atoms with E-state index in [9.17, 15) is 4.79 Å². The molecule has 3 nitrogen and oxygen atoms in total. The Morgan fingerprint density at radius 2 is 2.00 bits per heavy atom. The fraction of sp³-hybridized carbons (Fsp3) is 0.438. The lowest BCUT2D eigenvalue weighted by Crippen LogP contribution is -2.44. The Morgan fingerprint density at radius 1 is 1.32 bits per heavy atom. The molecule has 1 aliphatic heterocycles. The van der Waals surface area contributed by atoms with Gasteiger partial charge in [-0.2, -0.15) is 0 Å². The largest absolute Gasteiger partial charge is 0.341 e. The van der Waals surface area contributed by atoms with Crippen molar-refractivity contribution >= 4 is 5.91 Å². The van der Waals surface area contributed by atoms with E-state index in [-0.39, 0.29) is 11.9 Å². The highest BCUT2D eigenvalue weighted by Gasteiger charge is 2.24. The van der Waals surface area contributed by atoms with Crippen LogP contribution in [0.4, 0.5) is 0 Å². The van der Waals surface area contributed by atoms with E-state index in [2.05, 4.69) is 24.0 Å². The highest BCUT2D eigenvalue weighted by Crippen LogP contribution is 2.11. The minimum atomic E-state index is -0.143. The van der Waals surface area contributed by atoms with Gasteiger partial charge < -0.3 is 10.2 Å². The number of amides is 1. The standard InChI is InChI=1S/C16H22N2O/c1-2-8-15(16(19)18-11-6-7-12-18)17-13-14-9-4-3-5-10-14/h2-5,9-10,15,17H,1,6-8,11-13H2. The van der Waals surface area contributed by atoms with Crippen LogP contribution in [0.1, 0.15) is 24.8 Å².